The summed E-state index contributed by atoms with van der Waals surface area (Å²) in [7, 11) is 1.87. The quantitative estimate of drug-likeness (QED) is 0.682. The molecule has 2 heterocycles. The van der Waals surface area contributed by atoms with Crippen molar-refractivity contribution in [2.75, 3.05) is 0 Å². The third kappa shape index (κ3) is 1.53. The van der Waals surface area contributed by atoms with Crippen LogP contribution in [0.25, 0.3) is 10.6 Å². The second kappa shape index (κ2) is 3.14. The van der Waals surface area contributed by atoms with Gasteiger partial charge in [-0.05, 0) is 18.2 Å². The largest absolute Gasteiger partial charge is 0.297 e. The van der Waals surface area contributed by atoms with Gasteiger partial charge < -0.3 is 0 Å². The number of nitrogens with zero attached hydrogens (tertiary/aromatic N) is 2. The minimum Gasteiger partial charge on any atom is -0.297 e. The lowest BCUT2D eigenvalue weighted by Gasteiger charge is -1.87. The Morgan fingerprint density at radius 1 is 1.46 bits per heavy atom. The van der Waals surface area contributed by atoms with E-state index in [9.17, 15) is 4.79 Å². The number of thiophene rings is 1. The molecule has 66 valence electrons. The molecule has 0 aliphatic rings. The van der Waals surface area contributed by atoms with Crippen LogP contribution in [0, 0.1) is 0 Å². The number of hydrogen-bond acceptors (Lipinski definition) is 3. The van der Waals surface area contributed by atoms with Crippen molar-refractivity contribution in [1.82, 2.24) is 9.78 Å². The van der Waals surface area contributed by atoms with E-state index in [0.717, 1.165) is 21.7 Å². The van der Waals surface area contributed by atoms with E-state index in [4.69, 9.17) is 0 Å². The number of carbonyl (C=O) groups excluding carboxylic acids is 1. The number of aromatic nitrogens is 2. The molecule has 2 rings (SSSR count). The maximum absolute atomic E-state index is 10.4. The van der Waals surface area contributed by atoms with E-state index < -0.39 is 0 Å². The molecule has 4 heteroatoms. The highest BCUT2D eigenvalue weighted by Crippen LogP contribution is 2.25. The summed E-state index contributed by atoms with van der Waals surface area (Å²) in [6.45, 7) is 0. The molecule has 0 aliphatic heterocycles. The lowest BCUT2D eigenvalue weighted by atomic mass is 10.3. The summed E-state index contributed by atoms with van der Waals surface area (Å²) in [5.74, 6) is 0. The SMILES string of the molecule is Cn1ccc(-c2ccc(C=O)s2)n1. The fourth-order valence-electron chi connectivity index (χ4n) is 1.10. The van der Waals surface area contributed by atoms with E-state index in [-0.39, 0.29) is 0 Å². The first-order chi connectivity index (χ1) is 6.29. The molecule has 0 atom stereocenters. The van der Waals surface area contributed by atoms with Gasteiger partial charge in [0.15, 0.2) is 6.29 Å². The van der Waals surface area contributed by atoms with Crippen molar-refractivity contribution in [3.63, 3.8) is 0 Å². The number of aryl methyl sites for hydroxylation is 1. The van der Waals surface area contributed by atoms with Gasteiger partial charge in [0, 0.05) is 13.2 Å². The van der Waals surface area contributed by atoms with Gasteiger partial charge in [0.05, 0.1) is 9.75 Å². The van der Waals surface area contributed by atoms with Gasteiger partial charge >= 0.3 is 0 Å². The first kappa shape index (κ1) is 8.19. The van der Waals surface area contributed by atoms with Gasteiger partial charge in [-0.15, -0.1) is 11.3 Å². The Hall–Kier alpha value is -1.42. The second-order valence-corrected chi connectivity index (χ2v) is 3.81. The maximum Gasteiger partial charge on any atom is 0.160 e. The Labute approximate surface area is 79.6 Å². The zero-order chi connectivity index (χ0) is 9.26. The molecule has 0 unspecified atom stereocenters. The van der Waals surface area contributed by atoms with Crippen molar-refractivity contribution in [2.45, 2.75) is 0 Å². The van der Waals surface area contributed by atoms with E-state index in [1.807, 2.05) is 31.4 Å². The molecule has 2 aromatic rings. The highest BCUT2D eigenvalue weighted by molar-refractivity contribution is 7.17. The van der Waals surface area contributed by atoms with E-state index in [1.54, 1.807) is 4.68 Å². The van der Waals surface area contributed by atoms with Gasteiger partial charge in [-0.25, -0.2) is 0 Å². The normalized spacial score (nSPS) is 10.2. The van der Waals surface area contributed by atoms with Crippen molar-refractivity contribution in [1.29, 1.82) is 0 Å². The van der Waals surface area contributed by atoms with Crippen molar-refractivity contribution in [3.05, 3.63) is 29.3 Å². The van der Waals surface area contributed by atoms with Crippen LogP contribution in [-0.2, 0) is 7.05 Å². The van der Waals surface area contributed by atoms with Crippen molar-refractivity contribution >= 4 is 17.6 Å². The van der Waals surface area contributed by atoms with Crippen molar-refractivity contribution < 1.29 is 4.79 Å². The highest BCUT2D eigenvalue weighted by atomic mass is 32.1. The minimum atomic E-state index is 0.737. The van der Waals surface area contributed by atoms with Crippen molar-refractivity contribution in [3.8, 4) is 10.6 Å². The predicted octanol–water partition coefficient (Wildman–Crippen LogP) is 1.96. The topological polar surface area (TPSA) is 34.9 Å². The molecule has 0 N–H and O–H groups in total. The zero-order valence-corrected chi connectivity index (χ0v) is 7.91. The molecular formula is C9H8N2OS. The molecule has 0 fully saturated rings. The summed E-state index contributed by atoms with van der Waals surface area (Å²) in [4.78, 5) is 12.2. The van der Waals surface area contributed by atoms with Crippen LogP contribution in [0.3, 0.4) is 0 Å². The Bertz CT molecular complexity index is 430. The van der Waals surface area contributed by atoms with Crippen LogP contribution in [0.5, 0.6) is 0 Å². The highest BCUT2D eigenvalue weighted by Gasteiger charge is 2.03. The molecule has 0 aliphatic carbocycles. The first-order valence-corrected chi connectivity index (χ1v) is 4.66. The van der Waals surface area contributed by atoms with Gasteiger partial charge in [0.2, 0.25) is 0 Å². The van der Waals surface area contributed by atoms with E-state index >= 15 is 0 Å². The summed E-state index contributed by atoms with van der Waals surface area (Å²) >= 11 is 1.46. The van der Waals surface area contributed by atoms with Crippen LogP contribution in [0.1, 0.15) is 9.67 Å². The molecule has 0 radical (unpaired) electrons. The van der Waals surface area contributed by atoms with Gasteiger partial charge in [-0.2, -0.15) is 5.10 Å². The molecule has 0 bridgehead atoms. The molecule has 0 amide bonds. The molecule has 0 spiro atoms. The predicted molar refractivity (Wildman–Crippen MR) is 51.9 cm³/mol. The third-order valence-electron chi connectivity index (χ3n) is 1.71. The number of aldehydes is 1. The zero-order valence-electron chi connectivity index (χ0n) is 7.10. The van der Waals surface area contributed by atoms with Crippen LogP contribution in [0.4, 0.5) is 0 Å². The number of carbonyl (C=O) groups is 1. The van der Waals surface area contributed by atoms with Crippen LogP contribution in [0.15, 0.2) is 24.4 Å². The minimum absolute atomic E-state index is 0.737. The lowest BCUT2D eigenvalue weighted by molar-refractivity contribution is 0.112. The first-order valence-electron chi connectivity index (χ1n) is 3.84. The molecule has 3 nitrogen and oxygen atoms in total. The van der Waals surface area contributed by atoms with Gasteiger partial charge in [0.25, 0.3) is 0 Å². The summed E-state index contributed by atoms with van der Waals surface area (Å²) in [5, 5.41) is 4.24. The molecule has 13 heavy (non-hydrogen) atoms. The van der Waals surface area contributed by atoms with E-state index in [1.165, 1.54) is 11.3 Å². The molecule has 2 aromatic heterocycles. The third-order valence-corrected chi connectivity index (χ3v) is 2.74. The summed E-state index contributed by atoms with van der Waals surface area (Å²) in [5.41, 5.74) is 0.917. The number of rotatable bonds is 2. The molecular weight excluding hydrogens is 184 g/mol. The monoisotopic (exact) mass is 192 g/mol. The number of hydrogen-bond donors (Lipinski definition) is 0. The van der Waals surface area contributed by atoms with E-state index in [0.29, 0.717) is 0 Å². The van der Waals surface area contributed by atoms with Crippen LogP contribution < -0.4 is 0 Å². The van der Waals surface area contributed by atoms with Crippen molar-refractivity contribution in [2.24, 2.45) is 7.05 Å². The smallest absolute Gasteiger partial charge is 0.160 e. The van der Waals surface area contributed by atoms with Crippen LogP contribution in [-0.4, -0.2) is 16.1 Å². The Kier molecular flexibility index (Phi) is 1.98. The van der Waals surface area contributed by atoms with Gasteiger partial charge in [0.1, 0.15) is 5.69 Å². The molecule has 0 saturated carbocycles. The average molecular weight is 192 g/mol. The summed E-state index contributed by atoms with van der Waals surface area (Å²) in [6, 6.07) is 5.65. The average Bonchev–Trinajstić information content (AvgIpc) is 2.71. The lowest BCUT2D eigenvalue weighted by Crippen LogP contribution is -1.86. The fraction of sp³-hybridized carbons (Fsp3) is 0.111. The summed E-state index contributed by atoms with van der Waals surface area (Å²) < 4.78 is 1.75. The van der Waals surface area contributed by atoms with Gasteiger partial charge in [-0.1, -0.05) is 0 Å². The van der Waals surface area contributed by atoms with E-state index in [2.05, 4.69) is 5.10 Å². The molecule has 0 aromatic carbocycles. The Morgan fingerprint density at radius 3 is 2.85 bits per heavy atom. The standard InChI is InChI=1S/C9H8N2OS/c1-11-5-4-8(10-11)9-3-2-7(6-12)13-9/h2-6H,1H3. The van der Waals surface area contributed by atoms with Gasteiger partial charge in [-0.3, -0.25) is 9.48 Å². The molecule has 0 saturated heterocycles. The summed E-state index contributed by atoms with van der Waals surface area (Å²) in [6.07, 6.45) is 2.74. The Morgan fingerprint density at radius 2 is 2.31 bits per heavy atom. The Balaban J connectivity index is 2.40. The van der Waals surface area contributed by atoms with Crippen LogP contribution >= 0.6 is 11.3 Å². The second-order valence-electron chi connectivity index (χ2n) is 2.69. The fourth-order valence-corrected chi connectivity index (χ4v) is 1.89. The maximum atomic E-state index is 10.4. The van der Waals surface area contributed by atoms with Crippen LogP contribution in [0.2, 0.25) is 0 Å².